The van der Waals surface area contributed by atoms with Gasteiger partial charge in [-0.1, -0.05) is 30.3 Å². The number of carbonyl (C=O) groups is 1. The number of amides is 1. The van der Waals surface area contributed by atoms with E-state index in [0.29, 0.717) is 22.0 Å². The second-order valence-electron chi connectivity index (χ2n) is 7.96. The van der Waals surface area contributed by atoms with Crippen LogP contribution < -0.4 is 10.7 Å². The molecule has 5 nitrogen and oxygen atoms in total. The number of hydrogen-bond donors (Lipinski definition) is 1. The molecule has 1 aromatic heterocycles. The normalized spacial score (nSPS) is 15.3. The van der Waals surface area contributed by atoms with E-state index in [-0.39, 0.29) is 30.4 Å². The lowest BCUT2D eigenvalue weighted by Gasteiger charge is -2.20. The highest BCUT2D eigenvalue weighted by Crippen LogP contribution is 2.45. The summed E-state index contributed by atoms with van der Waals surface area (Å²) in [5, 5.41) is 2.47. The molecular formula is C25H23F3N2O3S. The van der Waals surface area contributed by atoms with E-state index in [4.69, 9.17) is 4.74 Å². The Hall–Kier alpha value is -3.04. The number of alkyl halides is 3. The number of halogens is 3. The lowest BCUT2D eigenvalue weighted by molar-refractivity contribution is -0.137. The first-order chi connectivity index (χ1) is 16.2. The third kappa shape index (κ3) is 4.76. The van der Waals surface area contributed by atoms with Crippen molar-refractivity contribution in [2.24, 2.45) is 0 Å². The third-order valence-corrected chi connectivity index (χ3v) is 6.99. The lowest BCUT2D eigenvalue weighted by Crippen LogP contribution is -2.34. The first-order valence-corrected chi connectivity index (χ1v) is 11.5. The maximum Gasteiger partial charge on any atom is 0.416 e. The molecule has 1 N–H and O–H groups in total. The molecule has 0 saturated heterocycles. The molecule has 1 amide bonds. The average Bonchev–Trinajstić information content (AvgIpc) is 2.96. The predicted octanol–water partition coefficient (Wildman–Crippen LogP) is 4.93. The Morgan fingerprint density at radius 1 is 1.18 bits per heavy atom. The zero-order valence-electron chi connectivity index (χ0n) is 18.6. The molecule has 0 spiro atoms. The molecule has 1 unspecified atom stereocenters. The molecule has 178 valence electrons. The molecule has 9 heteroatoms. The van der Waals surface area contributed by atoms with Gasteiger partial charge in [-0.25, -0.2) is 0 Å². The van der Waals surface area contributed by atoms with E-state index >= 15 is 0 Å². The number of pyridine rings is 1. The predicted molar refractivity (Wildman–Crippen MR) is 125 cm³/mol. The molecule has 1 aliphatic heterocycles. The number of nitrogens with zero attached hydrogens (tertiary/aromatic N) is 1. The number of fused-ring (bicyclic) bond motifs is 3. The summed E-state index contributed by atoms with van der Waals surface area (Å²) in [7, 11) is 1.50. The fourth-order valence-electron chi connectivity index (χ4n) is 4.11. The Labute approximate surface area is 198 Å². The summed E-state index contributed by atoms with van der Waals surface area (Å²) in [5.74, 6) is -0.571. The Kier molecular flexibility index (Phi) is 6.86. The highest BCUT2D eigenvalue weighted by molar-refractivity contribution is 7.99. The van der Waals surface area contributed by atoms with E-state index in [9.17, 15) is 22.8 Å². The molecule has 1 atom stereocenters. The van der Waals surface area contributed by atoms with Crippen LogP contribution in [0.3, 0.4) is 0 Å². The number of rotatable bonds is 5. The summed E-state index contributed by atoms with van der Waals surface area (Å²) < 4.78 is 47.3. The van der Waals surface area contributed by atoms with Gasteiger partial charge < -0.3 is 14.6 Å². The number of hydrogen-bond acceptors (Lipinski definition) is 4. The molecule has 3 aromatic rings. The molecule has 34 heavy (non-hydrogen) atoms. The topological polar surface area (TPSA) is 60.3 Å². The van der Waals surface area contributed by atoms with Crippen LogP contribution in [0.25, 0.3) is 5.69 Å². The molecule has 0 fully saturated rings. The molecule has 1 aliphatic rings. The second kappa shape index (κ2) is 9.68. The number of ether oxygens (including phenoxy) is 1. The number of methoxy groups -OCH3 is 1. The lowest BCUT2D eigenvalue weighted by atomic mass is 10.0. The van der Waals surface area contributed by atoms with Crippen LogP contribution in [0, 0.1) is 6.92 Å². The minimum atomic E-state index is -4.53. The van der Waals surface area contributed by atoms with Crippen LogP contribution in [0.5, 0.6) is 0 Å². The Bertz CT molecular complexity index is 1270. The Balaban J connectivity index is 1.96. The summed E-state index contributed by atoms with van der Waals surface area (Å²) in [6, 6.07) is 14.4. The van der Waals surface area contributed by atoms with E-state index in [1.165, 1.54) is 31.0 Å². The first-order valence-electron chi connectivity index (χ1n) is 10.7. The molecule has 0 aliphatic carbocycles. The average molecular weight is 489 g/mol. The van der Waals surface area contributed by atoms with E-state index in [0.717, 1.165) is 17.7 Å². The van der Waals surface area contributed by atoms with Crippen molar-refractivity contribution in [1.82, 2.24) is 9.88 Å². The zero-order valence-corrected chi connectivity index (χ0v) is 19.4. The van der Waals surface area contributed by atoms with Gasteiger partial charge in [0.1, 0.15) is 5.56 Å². The molecule has 2 heterocycles. The van der Waals surface area contributed by atoms with Gasteiger partial charge in [-0.3, -0.25) is 9.59 Å². The van der Waals surface area contributed by atoms with E-state index in [1.807, 2.05) is 30.3 Å². The van der Waals surface area contributed by atoms with E-state index < -0.39 is 23.1 Å². The number of benzene rings is 2. The first kappa shape index (κ1) is 24.1. The molecule has 0 radical (unpaired) electrons. The van der Waals surface area contributed by atoms with Crippen LogP contribution in [0.1, 0.15) is 38.1 Å². The minimum Gasteiger partial charge on any atom is -0.383 e. The Morgan fingerprint density at radius 2 is 1.91 bits per heavy atom. The summed E-state index contributed by atoms with van der Waals surface area (Å²) in [5.41, 5.74) is 0.783. The van der Waals surface area contributed by atoms with Crippen LogP contribution in [0.4, 0.5) is 13.2 Å². The Morgan fingerprint density at radius 3 is 2.59 bits per heavy atom. The number of nitrogens with one attached hydrogen (secondary N) is 1. The summed E-state index contributed by atoms with van der Waals surface area (Å²) in [6.45, 7) is 2.13. The SMILES string of the molecule is COCCNC(=O)c1c2n(c(C)cc1=O)-c1cc(C(F)(F)F)ccc1SC(c1ccccc1)C2. The summed E-state index contributed by atoms with van der Waals surface area (Å²) in [4.78, 5) is 26.7. The largest absolute Gasteiger partial charge is 0.416 e. The van der Waals surface area contributed by atoms with Crippen molar-refractivity contribution in [2.75, 3.05) is 20.3 Å². The highest BCUT2D eigenvalue weighted by atomic mass is 32.2. The van der Waals surface area contributed by atoms with Crippen LogP contribution in [0.2, 0.25) is 0 Å². The zero-order chi connectivity index (χ0) is 24.5. The van der Waals surface area contributed by atoms with Gasteiger partial charge in [-0.2, -0.15) is 13.2 Å². The van der Waals surface area contributed by atoms with Gasteiger partial charge in [-0.05, 0) is 30.7 Å². The number of aryl methyl sites for hydroxylation is 1. The van der Waals surface area contributed by atoms with Gasteiger partial charge >= 0.3 is 6.18 Å². The molecular weight excluding hydrogens is 465 g/mol. The van der Waals surface area contributed by atoms with Gasteiger partial charge in [0, 0.05) is 47.7 Å². The molecule has 2 aromatic carbocycles. The van der Waals surface area contributed by atoms with Crippen molar-refractivity contribution in [3.8, 4) is 5.69 Å². The standard InChI is InChI=1S/C25H23F3N2O3S/c1-15-12-20(31)23(24(32)29-10-11-33-2)19-14-22(16-6-4-3-5-7-16)34-21-9-8-17(25(26,27)28)13-18(21)30(15)19/h3-9,12-13,22H,10-11,14H2,1-2H3,(H,29,32). The van der Waals surface area contributed by atoms with Crippen LogP contribution in [-0.4, -0.2) is 30.7 Å². The number of thioether (sulfide) groups is 1. The van der Waals surface area contributed by atoms with Crippen LogP contribution in [-0.2, 0) is 17.3 Å². The maximum atomic E-state index is 13.6. The van der Waals surface area contributed by atoms with Crippen molar-refractivity contribution >= 4 is 17.7 Å². The highest BCUT2D eigenvalue weighted by Gasteiger charge is 2.34. The van der Waals surface area contributed by atoms with Crippen molar-refractivity contribution in [3.05, 3.63) is 92.9 Å². The van der Waals surface area contributed by atoms with E-state index in [1.54, 1.807) is 11.5 Å². The van der Waals surface area contributed by atoms with Crippen molar-refractivity contribution in [2.45, 2.75) is 29.7 Å². The van der Waals surface area contributed by atoms with Crippen molar-refractivity contribution in [3.63, 3.8) is 0 Å². The van der Waals surface area contributed by atoms with Gasteiger partial charge in [-0.15, -0.1) is 11.8 Å². The smallest absolute Gasteiger partial charge is 0.383 e. The second-order valence-corrected chi connectivity index (χ2v) is 9.20. The summed E-state index contributed by atoms with van der Waals surface area (Å²) >= 11 is 1.42. The maximum absolute atomic E-state index is 13.6. The third-order valence-electron chi connectivity index (χ3n) is 5.66. The number of aromatic nitrogens is 1. The van der Waals surface area contributed by atoms with Gasteiger partial charge in [0.25, 0.3) is 5.91 Å². The molecule has 0 saturated carbocycles. The van der Waals surface area contributed by atoms with Crippen molar-refractivity contribution < 1.29 is 22.7 Å². The summed E-state index contributed by atoms with van der Waals surface area (Å²) in [6.07, 6.45) is -4.24. The van der Waals surface area contributed by atoms with Crippen molar-refractivity contribution in [1.29, 1.82) is 0 Å². The van der Waals surface area contributed by atoms with E-state index in [2.05, 4.69) is 5.32 Å². The van der Waals surface area contributed by atoms with Gasteiger partial charge in [0.15, 0.2) is 5.43 Å². The molecule has 0 bridgehead atoms. The van der Waals surface area contributed by atoms with Gasteiger partial charge in [0.05, 0.1) is 17.9 Å². The van der Waals surface area contributed by atoms with Gasteiger partial charge in [0.2, 0.25) is 0 Å². The fraction of sp³-hybridized carbons (Fsp3) is 0.280. The quantitative estimate of drug-likeness (QED) is 0.518. The molecule has 4 rings (SSSR count). The fourth-order valence-corrected chi connectivity index (χ4v) is 5.37. The monoisotopic (exact) mass is 488 g/mol. The van der Waals surface area contributed by atoms with Crippen LogP contribution in [0.15, 0.2) is 64.3 Å². The minimum absolute atomic E-state index is 0.0616. The van der Waals surface area contributed by atoms with Crippen LogP contribution >= 0.6 is 11.8 Å². The number of carbonyl (C=O) groups excluding carboxylic acids is 1.